The van der Waals surface area contributed by atoms with Gasteiger partial charge in [-0.15, -0.1) is 11.3 Å². The van der Waals surface area contributed by atoms with E-state index in [9.17, 15) is 8.78 Å². The molecule has 8 heteroatoms. The van der Waals surface area contributed by atoms with Crippen molar-refractivity contribution in [1.29, 1.82) is 0 Å². The summed E-state index contributed by atoms with van der Waals surface area (Å²) in [5.41, 5.74) is 0.0175. The van der Waals surface area contributed by atoms with Crippen LogP contribution in [0.1, 0.15) is 0 Å². The Morgan fingerprint density at radius 2 is 2.00 bits per heavy atom. The lowest BCUT2D eigenvalue weighted by atomic mass is 10.3. The highest BCUT2D eigenvalue weighted by atomic mass is 79.9. The third-order valence-corrected chi connectivity index (χ3v) is 4.23. The first-order valence-corrected chi connectivity index (χ1v) is 7.60. The highest BCUT2D eigenvalue weighted by Crippen LogP contribution is 2.31. The van der Waals surface area contributed by atoms with E-state index < -0.39 is 11.6 Å². The van der Waals surface area contributed by atoms with Crippen LogP contribution in [0.5, 0.6) is 0 Å². The zero-order chi connectivity index (χ0) is 15.0. The standard InChI is InChI=1S/C13H9BrF2N4S/c1-17-13-19-11(6-2-3-21-12(6)20-13)18-10-5-8(15)7(14)4-9(10)16/h2-5H,1H3,(H2,17,18,19,20). The van der Waals surface area contributed by atoms with Crippen LogP contribution in [-0.4, -0.2) is 17.0 Å². The second kappa shape index (κ2) is 5.53. The van der Waals surface area contributed by atoms with Crippen molar-refractivity contribution in [3.05, 3.63) is 39.7 Å². The first-order valence-electron chi connectivity index (χ1n) is 5.93. The Kier molecular flexibility index (Phi) is 3.73. The van der Waals surface area contributed by atoms with Crippen LogP contribution in [0, 0.1) is 11.6 Å². The van der Waals surface area contributed by atoms with Crippen LogP contribution in [0.15, 0.2) is 28.1 Å². The summed E-state index contributed by atoms with van der Waals surface area (Å²) >= 11 is 4.39. The van der Waals surface area contributed by atoms with Crippen LogP contribution in [0.4, 0.5) is 26.2 Å². The van der Waals surface area contributed by atoms with Gasteiger partial charge in [0.2, 0.25) is 5.95 Å². The number of fused-ring (bicyclic) bond motifs is 1. The Morgan fingerprint density at radius 1 is 1.19 bits per heavy atom. The third kappa shape index (κ3) is 2.68. The van der Waals surface area contributed by atoms with Crippen molar-refractivity contribution >= 4 is 54.9 Å². The van der Waals surface area contributed by atoms with Gasteiger partial charge in [-0.25, -0.2) is 13.8 Å². The SMILES string of the molecule is CNc1nc(Nc2cc(F)c(Br)cc2F)c2ccsc2n1. The topological polar surface area (TPSA) is 49.8 Å². The van der Waals surface area contributed by atoms with E-state index in [2.05, 4.69) is 36.5 Å². The molecule has 0 saturated heterocycles. The van der Waals surface area contributed by atoms with Crippen molar-refractivity contribution in [3.8, 4) is 0 Å². The number of aromatic nitrogens is 2. The van der Waals surface area contributed by atoms with E-state index in [1.54, 1.807) is 7.05 Å². The van der Waals surface area contributed by atoms with E-state index in [4.69, 9.17) is 0 Å². The van der Waals surface area contributed by atoms with Crippen LogP contribution in [0.3, 0.4) is 0 Å². The molecule has 0 bridgehead atoms. The summed E-state index contributed by atoms with van der Waals surface area (Å²) in [5, 5.41) is 8.28. The maximum absolute atomic E-state index is 13.9. The minimum absolute atomic E-state index is 0.0175. The van der Waals surface area contributed by atoms with Gasteiger partial charge in [0.1, 0.15) is 22.3 Å². The normalized spacial score (nSPS) is 10.9. The summed E-state index contributed by atoms with van der Waals surface area (Å²) in [5.74, 6) is -0.295. The van der Waals surface area contributed by atoms with Crippen molar-refractivity contribution in [2.24, 2.45) is 0 Å². The molecule has 0 saturated carbocycles. The summed E-state index contributed by atoms with van der Waals surface area (Å²) in [6.45, 7) is 0. The summed E-state index contributed by atoms with van der Waals surface area (Å²) in [7, 11) is 1.69. The first kappa shape index (κ1) is 14.2. The monoisotopic (exact) mass is 370 g/mol. The first-order chi connectivity index (χ1) is 10.1. The predicted molar refractivity (Wildman–Crippen MR) is 84.3 cm³/mol. The molecule has 108 valence electrons. The molecular weight excluding hydrogens is 362 g/mol. The lowest BCUT2D eigenvalue weighted by Crippen LogP contribution is -2.02. The molecule has 2 aromatic heterocycles. The maximum Gasteiger partial charge on any atom is 0.225 e. The molecule has 0 fully saturated rings. The summed E-state index contributed by atoms with van der Waals surface area (Å²) in [6, 6.07) is 3.98. The van der Waals surface area contributed by atoms with E-state index in [1.165, 1.54) is 11.3 Å². The minimum atomic E-state index is -0.573. The average Bonchev–Trinajstić information content (AvgIpc) is 2.93. The predicted octanol–water partition coefficient (Wildman–Crippen LogP) is 4.52. The second-order valence-electron chi connectivity index (χ2n) is 4.16. The molecule has 4 nitrogen and oxygen atoms in total. The molecule has 1 aromatic carbocycles. The van der Waals surface area contributed by atoms with E-state index >= 15 is 0 Å². The molecule has 0 aliphatic carbocycles. The van der Waals surface area contributed by atoms with E-state index in [1.807, 2.05) is 11.4 Å². The molecule has 3 aromatic rings. The van der Waals surface area contributed by atoms with Gasteiger partial charge >= 0.3 is 0 Å². The third-order valence-electron chi connectivity index (χ3n) is 2.81. The van der Waals surface area contributed by atoms with Gasteiger partial charge in [-0.05, 0) is 33.4 Å². The second-order valence-corrected chi connectivity index (χ2v) is 5.91. The Balaban J connectivity index is 2.09. The van der Waals surface area contributed by atoms with Gasteiger partial charge < -0.3 is 10.6 Å². The number of nitrogens with zero attached hydrogens (tertiary/aromatic N) is 2. The zero-order valence-corrected chi connectivity index (χ0v) is 13.1. The van der Waals surface area contributed by atoms with Gasteiger partial charge in [0.15, 0.2) is 0 Å². The number of thiophene rings is 1. The van der Waals surface area contributed by atoms with Gasteiger partial charge in [0.25, 0.3) is 0 Å². The Morgan fingerprint density at radius 3 is 2.76 bits per heavy atom. The fourth-order valence-electron chi connectivity index (χ4n) is 1.81. The summed E-state index contributed by atoms with van der Waals surface area (Å²) < 4.78 is 27.5. The summed E-state index contributed by atoms with van der Waals surface area (Å²) in [4.78, 5) is 9.30. The van der Waals surface area contributed by atoms with E-state index in [0.29, 0.717) is 11.8 Å². The Bertz CT molecular complexity index is 821. The molecule has 0 spiro atoms. The van der Waals surface area contributed by atoms with Crippen molar-refractivity contribution in [2.75, 3.05) is 17.7 Å². The quantitative estimate of drug-likeness (QED) is 0.665. The number of hydrogen-bond acceptors (Lipinski definition) is 5. The van der Waals surface area contributed by atoms with Crippen LogP contribution >= 0.6 is 27.3 Å². The number of nitrogens with one attached hydrogen (secondary N) is 2. The average molecular weight is 371 g/mol. The highest BCUT2D eigenvalue weighted by Gasteiger charge is 2.13. The minimum Gasteiger partial charge on any atom is -0.357 e. The Hall–Kier alpha value is -1.80. The molecule has 0 unspecified atom stereocenters. The number of anilines is 3. The molecule has 21 heavy (non-hydrogen) atoms. The molecule has 0 amide bonds. The fraction of sp³-hybridized carbons (Fsp3) is 0.0769. The zero-order valence-electron chi connectivity index (χ0n) is 10.7. The maximum atomic E-state index is 13.9. The van der Waals surface area contributed by atoms with Gasteiger partial charge in [-0.1, -0.05) is 0 Å². The van der Waals surface area contributed by atoms with Crippen LogP contribution < -0.4 is 10.6 Å². The number of rotatable bonds is 3. The fourth-order valence-corrected chi connectivity index (χ4v) is 2.89. The number of hydrogen-bond donors (Lipinski definition) is 2. The van der Waals surface area contributed by atoms with Crippen molar-refractivity contribution in [3.63, 3.8) is 0 Å². The van der Waals surface area contributed by atoms with Crippen LogP contribution in [-0.2, 0) is 0 Å². The molecule has 3 rings (SSSR count). The lowest BCUT2D eigenvalue weighted by molar-refractivity contribution is 0.598. The largest absolute Gasteiger partial charge is 0.357 e. The molecule has 0 aliphatic rings. The summed E-state index contributed by atoms with van der Waals surface area (Å²) in [6.07, 6.45) is 0. The molecule has 0 radical (unpaired) electrons. The number of halogens is 3. The van der Waals surface area contributed by atoms with Crippen LogP contribution in [0.2, 0.25) is 0 Å². The van der Waals surface area contributed by atoms with Crippen LogP contribution in [0.25, 0.3) is 10.2 Å². The van der Waals surface area contributed by atoms with Gasteiger partial charge in [0, 0.05) is 13.1 Å². The molecule has 2 heterocycles. The van der Waals surface area contributed by atoms with Crippen molar-refractivity contribution in [2.45, 2.75) is 0 Å². The molecule has 0 aliphatic heterocycles. The van der Waals surface area contributed by atoms with Gasteiger partial charge in [-0.3, -0.25) is 0 Å². The van der Waals surface area contributed by atoms with Crippen molar-refractivity contribution in [1.82, 2.24) is 9.97 Å². The van der Waals surface area contributed by atoms with Gasteiger partial charge in [0.05, 0.1) is 15.5 Å². The van der Waals surface area contributed by atoms with E-state index in [0.717, 1.165) is 22.3 Å². The van der Waals surface area contributed by atoms with Crippen molar-refractivity contribution < 1.29 is 8.78 Å². The molecule has 2 N–H and O–H groups in total. The smallest absolute Gasteiger partial charge is 0.225 e. The lowest BCUT2D eigenvalue weighted by Gasteiger charge is -2.10. The molecule has 0 atom stereocenters. The highest BCUT2D eigenvalue weighted by molar-refractivity contribution is 9.10. The molecular formula is C13H9BrF2N4S. The van der Waals surface area contributed by atoms with E-state index in [-0.39, 0.29) is 10.2 Å². The number of benzene rings is 1. The Labute approximate surface area is 131 Å². The van der Waals surface area contributed by atoms with Gasteiger partial charge in [-0.2, -0.15) is 4.98 Å².